The molecule has 2 aromatic carbocycles. The molecule has 0 fully saturated rings. The summed E-state index contributed by atoms with van der Waals surface area (Å²) in [5.74, 6) is -0.904. The summed E-state index contributed by atoms with van der Waals surface area (Å²) in [5.41, 5.74) is 4.09. The number of carbonyl (C=O) groups excluding carboxylic acids is 3. The Morgan fingerprint density at radius 1 is 0.935 bits per heavy atom. The van der Waals surface area contributed by atoms with Gasteiger partial charge in [-0.2, -0.15) is 0 Å². The van der Waals surface area contributed by atoms with E-state index < -0.39 is 37.0 Å². The summed E-state index contributed by atoms with van der Waals surface area (Å²) in [6.07, 6.45) is -2.55. The predicted molar refractivity (Wildman–Crippen MR) is 178 cm³/mol. The summed E-state index contributed by atoms with van der Waals surface area (Å²) in [6, 6.07) is 13.0. The summed E-state index contributed by atoms with van der Waals surface area (Å²) >= 11 is 0. The van der Waals surface area contributed by atoms with Crippen LogP contribution in [0.5, 0.6) is 0 Å². The molecule has 0 saturated carbocycles. The molecular formula is C35H49N3O8. The van der Waals surface area contributed by atoms with E-state index >= 15 is 0 Å². The summed E-state index contributed by atoms with van der Waals surface area (Å²) in [6.45, 7) is 13.5. The quantitative estimate of drug-likeness (QED) is 0.140. The van der Waals surface area contributed by atoms with Gasteiger partial charge < -0.3 is 40.3 Å². The van der Waals surface area contributed by atoms with Gasteiger partial charge in [-0.1, -0.05) is 58.4 Å². The van der Waals surface area contributed by atoms with E-state index in [-0.39, 0.29) is 30.4 Å². The van der Waals surface area contributed by atoms with E-state index in [0.29, 0.717) is 29.6 Å². The minimum Gasteiger partial charge on any atom is -0.428 e. The molecule has 0 aliphatic heterocycles. The number of ether oxygens (including phenoxy) is 2. The number of anilines is 3. The van der Waals surface area contributed by atoms with Gasteiger partial charge in [0, 0.05) is 30.8 Å². The van der Waals surface area contributed by atoms with Crippen molar-refractivity contribution in [2.45, 2.75) is 85.0 Å². The molecule has 2 amide bonds. The van der Waals surface area contributed by atoms with Gasteiger partial charge in [0.25, 0.3) is 0 Å². The molecule has 0 bridgehead atoms. The summed E-state index contributed by atoms with van der Waals surface area (Å²) in [4.78, 5) is 40.5. The second-order valence-electron chi connectivity index (χ2n) is 12.7. The van der Waals surface area contributed by atoms with Crippen molar-refractivity contribution in [1.82, 2.24) is 0 Å². The molecule has 3 rings (SSSR count). The second kappa shape index (κ2) is 17.1. The number of hydrogen-bond donors (Lipinski definition) is 5. The molecule has 1 aliphatic rings. The average molecular weight is 640 g/mol. The zero-order valence-corrected chi connectivity index (χ0v) is 27.7. The monoisotopic (exact) mass is 639 g/mol. The van der Waals surface area contributed by atoms with Gasteiger partial charge in [0.15, 0.2) is 0 Å². The molecule has 2 aromatic rings. The lowest BCUT2D eigenvalue weighted by atomic mass is 9.92. The van der Waals surface area contributed by atoms with Gasteiger partial charge in [-0.25, -0.2) is 9.59 Å². The average Bonchev–Trinajstić information content (AvgIpc) is 2.98. The van der Waals surface area contributed by atoms with Gasteiger partial charge in [-0.3, -0.25) is 4.79 Å². The number of nitrogens with zero attached hydrogens (tertiary/aromatic N) is 1. The number of aliphatic hydroxyl groups is 3. The predicted octanol–water partition coefficient (Wildman–Crippen LogP) is 5.10. The molecule has 46 heavy (non-hydrogen) atoms. The van der Waals surface area contributed by atoms with E-state index in [1.165, 1.54) is 0 Å². The first-order valence-electron chi connectivity index (χ1n) is 15.9. The molecule has 3 unspecified atom stereocenters. The first-order valence-corrected chi connectivity index (χ1v) is 15.9. The van der Waals surface area contributed by atoms with Gasteiger partial charge in [0.05, 0.1) is 23.9 Å². The fourth-order valence-corrected chi connectivity index (χ4v) is 5.35. The Morgan fingerprint density at radius 2 is 1.59 bits per heavy atom. The van der Waals surface area contributed by atoms with Gasteiger partial charge in [0.1, 0.15) is 12.2 Å². The van der Waals surface area contributed by atoms with E-state index in [4.69, 9.17) is 9.47 Å². The smallest absolute Gasteiger partial charge is 0.336 e. The topological polar surface area (TPSA) is 158 Å². The van der Waals surface area contributed by atoms with E-state index in [0.717, 1.165) is 36.0 Å². The largest absolute Gasteiger partial charge is 0.428 e. The van der Waals surface area contributed by atoms with Crippen LogP contribution in [0.2, 0.25) is 0 Å². The maximum atomic E-state index is 13.2. The van der Waals surface area contributed by atoms with Crippen molar-refractivity contribution in [2.75, 3.05) is 35.4 Å². The molecule has 11 heteroatoms. The molecule has 0 aromatic heterocycles. The van der Waals surface area contributed by atoms with Gasteiger partial charge >= 0.3 is 18.0 Å². The zero-order chi connectivity index (χ0) is 34.0. The fraction of sp³-hybridized carbons (Fsp3) is 0.514. The molecule has 4 atom stereocenters. The van der Waals surface area contributed by atoms with Gasteiger partial charge in [-0.15, -0.1) is 0 Å². The van der Waals surface area contributed by atoms with Crippen molar-refractivity contribution in [2.24, 2.45) is 11.8 Å². The Kier molecular flexibility index (Phi) is 13.6. The van der Waals surface area contributed by atoms with E-state index in [1.807, 2.05) is 56.3 Å². The maximum absolute atomic E-state index is 13.2. The highest BCUT2D eigenvalue weighted by atomic mass is 16.7. The molecule has 11 nitrogen and oxygen atoms in total. The van der Waals surface area contributed by atoms with E-state index in [9.17, 15) is 29.7 Å². The Bertz CT molecular complexity index is 1350. The third kappa shape index (κ3) is 10.9. The number of urea groups is 1. The van der Waals surface area contributed by atoms with Gasteiger partial charge in [0.2, 0.25) is 6.79 Å². The number of aliphatic hydroxyl groups excluding tert-OH is 3. The minimum atomic E-state index is -1.40. The van der Waals surface area contributed by atoms with Crippen LogP contribution >= 0.6 is 0 Å². The number of amides is 2. The highest BCUT2D eigenvalue weighted by molar-refractivity contribution is 6.02. The number of aryl methyl sites for hydroxylation is 1. The van der Waals surface area contributed by atoms with Crippen LogP contribution in [0, 0.1) is 18.8 Å². The van der Waals surface area contributed by atoms with E-state index in [2.05, 4.69) is 43.2 Å². The van der Waals surface area contributed by atoms with Crippen LogP contribution in [-0.2, 0) is 19.1 Å². The molecule has 0 saturated heterocycles. The highest BCUT2D eigenvalue weighted by Gasteiger charge is 2.32. The van der Waals surface area contributed by atoms with Crippen LogP contribution in [0.4, 0.5) is 21.9 Å². The van der Waals surface area contributed by atoms with Crippen molar-refractivity contribution in [1.29, 1.82) is 0 Å². The lowest BCUT2D eigenvalue weighted by molar-refractivity contribution is -0.165. The minimum absolute atomic E-state index is 0.0103. The Labute approximate surface area is 271 Å². The van der Waals surface area contributed by atoms with Crippen molar-refractivity contribution in [3.8, 4) is 0 Å². The molecule has 0 heterocycles. The standard InChI is InChI=1S/C35H49N3O8/c1-7-24(17-32(41)45-20-46-34(43)26-15-30(39)33(42)31(40)16-26)25-10-13-29(38(18-21(2)3)19-22(4)5)28(14-25)37-35(44)36-27-11-8-23(6)9-12-27/h8-15,21-22,24,30-31,33,39-40,42H,7,16-20H2,1-6H3,(H2,36,37,44)/t24-,30?,31?,33?/m0/s1. The van der Waals surface area contributed by atoms with Crippen molar-refractivity contribution in [3.63, 3.8) is 0 Å². The normalized spacial score (nSPS) is 18.5. The van der Waals surface area contributed by atoms with Crippen LogP contribution in [0.15, 0.2) is 54.1 Å². The molecule has 0 radical (unpaired) electrons. The third-order valence-electron chi connectivity index (χ3n) is 7.68. The molecule has 5 N–H and O–H groups in total. The number of nitrogens with one attached hydrogen (secondary N) is 2. The highest BCUT2D eigenvalue weighted by Crippen LogP contribution is 2.34. The SMILES string of the molecule is CC[C@@H](CC(=O)OCOC(=O)C1=CC(O)C(O)C(O)C1)c1ccc(N(CC(C)C)CC(C)C)c(NC(=O)Nc2ccc(C)cc2)c1. The lowest BCUT2D eigenvalue weighted by Crippen LogP contribution is -2.41. The van der Waals surface area contributed by atoms with Crippen LogP contribution in [0.25, 0.3) is 0 Å². The third-order valence-corrected chi connectivity index (χ3v) is 7.68. The van der Waals surface area contributed by atoms with Gasteiger partial charge in [-0.05, 0) is 67.0 Å². The summed E-state index contributed by atoms with van der Waals surface area (Å²) in [5, 5.41) is 35.2. The Balaban J connectivity index is 1.74. The first-order chi connectivity index (χ1) is 21.8. The molecule has 0 spiro atoms. The zero-order valence-electron chi connectivity index (χ0n) is 27.7. The number of esters is 2. The number of benzene rings is 2. The van der Waals surface area contributed by atoms with Crippen molar-refractivity contribution in [3.05, 3.63) is 65.2 Å². The van der Waals surface area contributed by atoms with Crippen LogP contribution < -0.4 is 15.5 Å². The van der Waals surface area contributed by atoms with Crippen LogP contribution in [0.3, 0.4) is 0 Å². The summed E-state index contributed by atoms with van der Waals surface area (Å²) < 4.78 is 10.2. The Morgan fingerprint density at radius 3 is 2.17 bits per heavy atom. The van der Waals surface area contributed by atoms with Crippen molar-refractivity contribution < 1.29 is 39.2 Å². The van der Waals surface area contributed by atoms with Crippen molar-refractivity contribution >= 4 is 35.0 Å². The lowest BCUT2D eigenvalue weighted by Gasteiger charge is -2.31. The summed E-state index contributed by atoms with van der Waals surface area (Å²) in [7, 11) is 0. The first kappa shape index (κ1) is 36.5. The number of hydrogen-bond acceptors (Lipinski definition) is 9. The Hall–Kier alpha value is -3.93. The molecular weight excluding hydrogens is 590 g/mol. The molecule has 252 valence electrons. The second-order valence-corrected chi connectivity index (χ2v) is 12.7. The van der Waals surface area contributed by atoms with Crippen LogP contribution in [-0.4, -0.2) is 71.5 Å². The van der Waals surface area contributed by atoms with E-state index in [1.54, 1.807) is 0 Å². The number of carbonyl (C=O) groups is 3. The molecule has 1 aliphatic carbocycles. The number of rotatable bonds is 14. The fourth-order valence-electron chi connectivity index (χ4n) is 5.35. The maximum Gasteiger partial charge on any atom is 0.336 e. The van der Waals surface area contributed by atoms with Crippen LogP contribution in [0.1, 0.15) is 70.9 Å².